The molecule has 7 aromatic rings. The zero-order valence-corrected chi connectivity index (χ0v) is 20.0. The summed E-state index contributed by atoms with van der Waals surface area (Å²) in [6.07, 6.45) is 11.1. The zero-order chi connectivity index (χ0) is 24.6. The molecule has 4 heterocycles. The molecule has 0 radical (unpaired) electrons. The summed E-state index contributed by atoms with van der Waals surface area (Å²) >= 11 is 0. The molecule has 174 valence electrons. The SMILES string of the molecule is c1ccc2c(c1)c1cc(-c3ccncc3)cc(-c3ccncc3)c1n2-c1ccc(-c2ccncc2)cc1. The van der Waals surface area contributed by atoms with Crippen molar-refractivity contribution >= 4 is 21.8 Å². The number of hydrogen-bond acceptors (Lipinski definition) is 3. The van der Waals surface area contributed by atoms with Crippen molar-refractivity contribution in [3.8, 4) is 39.1 Å². The van der Waals surface area contributed by atoms with Crippen molar-refractivity contribution in [3.63, 3.8) is 0 Å². The zero-order valence-electron chi connectivity index (χ0n) is 20.0. The predicted octanol–water partition coefficient (Wildman–Crippen LogP) is 7.97. The molecule has 0 aliphatic rings. The molecule has 0 aliphatic carbocycles. The second kappa shape index (κ2) is 8.85. The van der Waals surface area contributed by atoms with Gasteiger partial charge in [0.25, 0.3) is 0 Å². The molecule has 4 aromatic heterocycles. The number of pyridine rings is 3. The molecule has 4 nitrogen and oxygen atoms in total. The van der Waals surface area contributed by atoms with Gasteiger partial charge in [-0.1, -0.05) is 30.3 Å². The molecule has 0 bridgehead atoms. The Morgan fingerprint density at radius 1 is 0.432 bits per heavy atom. The Labute approximate surface area is 214 Å². The Kier molecular flexibility index (Phi) is 5.07. The lowest BCUT2D eigenvalue weighted by Gasteiger charge is -2.14. The summed E-state index contributed by atoms with van der Waals surface area (Å²) in [4.78, 5) is 12.6. The van der Waals surface area contributed by atoms with Gasteiger partial charge >= 0.3 is 0 Å². The van der Waals surface area contributed by atoms with Gasteiger partial charge in [-0.15, -0.1) is 0 Å². The Bertz CT molecular complexity index is 1840. The molecule has 0 spiro atoms. The lowest BCUT2D eigenvalue weighted by molar-refractivity contribution is 1.18. The van der Waals surface area contributed by atoms with Gasteiger partial charge in [-0.25, -0.2) is 0 Å². The summed E-state index contributed by atoms with van der Waals surface area (Å²) in [5, 5.41) is 2.44. The quantitative estimate of drug-likeness (QED) is 0.260. The van der Waals surface area contributed by atoms with Crippen molar-refractivity contribution in [2.45, 2.75) is 0 Å². The molecule has 0 saturated heterocycles. The number of fused-ring (bicyclic) bond motifs is 3. The van der Waals surface area contributed by atoms with Crippen molar-refractivity contribution in [1.82, 2.24) is 19.5 Å². The highest BCUT2D eigenvalue weighted by Crippen LogP contribution is 2.41. The molecular weight excluding hydrogens is 452 g/mol. The van der Waals surface area contributed by atoms with Gasteiger partial charge in [0, 0.05) is 59.2 Å². The Morgan fingerprint density at radius 3 is 1.62 bits per heavy atom. The molecule has 0 fully saturated rings. The molecule has 0 saturated carbocycles. The van der Waals surface area contributed by atoms with Crippen molar-refractivity contribution in [1.29, 1.82) is 0 Å². The summed E-state index contributed by atoms with van der Waals surface area (Å²) < 4.78 is 2.38. The predicted molar refractivity (Wildman–Crippen MR) is 150 cm³/mol. The van der Waals surface area contributed by atoms with Crippen LogP contribution in [0.2, 0.25) is 0 Å². The maximum atomic E-state index is 4.27. The number of rotatable bonds is 4. The standard InChI is InChI=1S/C33H22N4/c1-2-4-32-29(3-1)31-22-27(25-11-17-35-18-12-25)21-30(26-13-19-36-20-14-26)33(31)37(32)28-7-5-23(6-8-28)24-9-15-34-16-10-24/h1-22H. The molecule has 3 aromatic carbocycles. The molecule has 0 unspecified atom stereocenters. The summed E-state index contributed by atoms with van der Waals surface area (Å²) in [7, 11) is 0. The van der Waals surface area contributed by atoms with E-state index in [1.54, 1.807) is 0 Å². The number of aromatic nitrogens is 4. The Balaban J connectivity index is 1.54. The van der Waals surface area contributed by atoms with Crippen molar-refractivity contribution in [3.05, 3.63) is 134 Å². The highest BCUT2D eigenvalue weighted by Gasteiger charge is 2.18. The average Bonchev–Trinajstić information content (AvgIpc) is 3.32. The van der Waals surface area contributed by atoms with E-state index in [9.17, 15) is 0 Å². The fraction of sp³-hybridized carbons (Fsp3) is 0. The van der Waals surface area contributed by atoms with E-state index < -0.39 is 0 Å². The van der Waals surface area contributed by atoms with Gasteiger partial charge in [-0.2, -0.15) is 0 Å². The van der Waals surface area contributed by atoms with Crippen LogP contribution in [0.3, 0.4) is 0 Å². The van der Waals surface area contributed by atoms with Crippen LogP contribution in [0.5, 0.6) is 0 Å². The third kappa shape index (κ3) is 3.67. The molecule has 4 heteroatoms. The van der Waals surface area contributed by atoms with E-state index in [-0.39, 0.29) is 0 Å². The summed E-state index contributed by atoms with van der Waals surface area (Å²) in [6.45, 7) is 0. The molecule has 7 rings (SSSR count). The molecule has 0 amide bonds. The van der Waals surface area contributed by atoms with Gasteiger partial charge in [-0.3, -0.25) is 15.0 Å². The summed E-state index contributed by atoms with van der Waals surface area (Å²) in [6, 6.07) is 34.4. The van der Waals surface area contributed by atoms with Crippen molar-refractivity contribution in [2.24, 2.45) is 0 Å². The van der Waals surface area contributed by atoms with Gasteiger partial charge in [0.2, 0.25) is 0 Å². The monoisotopic (exact) mass is 474 g/mol. The van der Waals surface area contributed by atoms with Gasteiger partial charge < -0.3 is 4.57 Å². The maximum absolute atomic E-state index is 4.27. The Hall–Kier alpha value is -5.09. The lowest BCUT2D eigenvalue weighted by atomic mass is 9.96. The number of para-hydroxylation sites is 1. The smallest absolute Gasteiger partial charge is 0.0619 e. The normalized spacial score (nSPS) is 11.2. The first kappa shape index (κ1) is 21.2. The van der Waals surface area contributed by atoms with Crippen LogP contribution in [0.15, 0.2) is 134 Å². The second-order valence-corrected chi connectivity index (χ2v) is 9.03. The highest BCUT2D eigenvalue weighted by atomic mass is 15.0. The van der Waals surface area contributed by atoms with Crippen LogP contribution in [0.4, 0.5) is 0 Å². The first-order valence-corrected chi connectivity index (χ1v) is 12.3. The van der Waals surface area contributed by atoms with E-state index in [1.165, 1.54) is 32.9 Å². The molecule has 37 heavy (non-hydrogen) atoms. The maximum Gasteiger partial charge on any atom is 0.0619 e. The van der Waals surface area contributed by atoms with E-state index in [0.717, 1.165) is 27.9 Å². The van der Waals surface area contributed by atoms with Gasteiger partial charge in [0.05, 0.1) is 11.0 Å². The number of benzene rings is 3. The van der Waals surface area contributed by atoms with Gasteiger partial charge in [-0.05, 0) is 94.5 Å². The van der Waals surface area contributed by atoms with Crippen LogP contribution >= 0.6 is 0 Å². The molecule has 0 atom stereocenters. The molecular formula is C33H22N4. The minimum absolute atomic E-state index is 1.12. The van der Waals surface area contributed by atoms with Crippen LogP contribution in [-0.2, 0) is 0 Å². The van der Waals surface area contributed by atoms with Crippen LogP contribution in [0.25, 0.3) is 60.9 Å². The van der Waals surface area contributed by atoms with Crippen molar-refractivity contribution < 1.29 is 0 Å². The van der Waals surface area contributed by atoms with Gasteiger partial charge in [0.1, 0.15) is 0 Å². The third-order valence-corrected chi connectivity index (χ3v) is 6.91. The van der Waals surface area contributed by atoms with E-state index in [2.05, 4.69) is 104 Å². The van der Waals surface area contributed by atoms with Crippen LogP contribution in [0.1, 0.15) is 0 Å². The summed E-state index contributed by atoms with van der Waals surface area (Å²) in [5.74, 6) is 0. The average molecular weight is 475 g/mol. The lowest BCUT2D eigenvalue weighted by Crippen LogP contribution is -1.96. The second-order valence-electron chi connectivity index (χ2n) is 9.03. The first-order valence-electron chi connectivity index (χ1n) is 12.3. The fourth-order valence-corrected chi connectivity index (χ4v) is 5.18. The van der Waals surface area contributed by atoms with Gasteiger partial charge in [0.15, 0.2) is 0 Å². The minimum Gasteiger partial charge on any atom is -0.309 e. The molecule has 0 N–H and O–H groups in total. The number of hydrogen-bond donors (Lipinski definition) is 0. The third-order valence-electron chi connectivity index (χ3n) is 6.91. The first-order chi connectivity index (χ1) is 18.4. The minimum atomic E-state index is 1.12. The van der Waals surface area contributed by atoms with E-state index in [0.29, 0.717) is 0 Å². The highest BCUT2D eigenvalue weighted by molar-refractivity contribution is 6.15. The van der Waals surface area contributed by atoms with Crippen molar-refractivity contribution in [2.75, 3.05) is 0 Å². The largest absolute Gasteiger partial charge is 0.309 e. The van der Waals surface area contributed by atoms with E-state index in [4.69, 9.17) is 0 Å². The number of nitrogens with zero attached hydrogens (tertiary/aromatic N) is 4. The van der Waals surface area contributed by atoms with Crippen LogP contribution in [-0.4, -0.2) is 19.5 Å². The Morgan fingerprint density at radius 2 is 0.973 bits per heavy atom. The fourth-order valence-electron chi connectivity index (χ4n) is 5.18. The summed E-state index contributed by atoms with van der Waals surface area (Å²) in [5.41, 5.74) is 10.4. The topological polar surface area (TPSA) is 43.6 Å². The van der Waals surface area contributed by atoms with E-state index >= 15 is 0 Å². The molecule has 0 aliphatic heterocycles. The van der Waals surface area contributed by atoms with Crippen LogP contribution < -0.4 is 0 Å². The van der Waals surface area contributed by atoms with E-state index in [1.807, 2.05) is 49.3 Å². The van der Waals surface area contributed by atoms with Crippen LogP contribution in [0, 0.1) is 0 Å².